The van der Waals surface area contributed by atoms with Gasteiger partial charge in [0.2, 0.25) is 0 Å². The molecule has 2 aliphatic heterocycles. The third-order valence-electron chi connectivity index (χ3n) is 7.45. The average Bonchev–Trinajstić information content (AvgIpc) is 3.25. The maximum Gasteiger partial charge on any atom is 0.342 e. The second-order valence-electron chi connectivity index (χ2n) is 10.3. The zero-order chi connectivity index (χ0) is 25.0. The highest BCUT2D eigenvalue weighted by Crippen LogP contribution is 2.35. The van der Waals surface area contributed by atoms with Crippen molar-refractivity contribution in [2.75, 3.05) is 18.5 Å². The quantitative estimate of drug-likeness (QED) is 0.101. The Kier molecular flexibility index (Phi) is 11.1. The normalized spacial score (nSPS) is 18.1. The van der Waals surface area contributed by atoms with E-state index in [2.05, 4.69) is 34.8 Å². The number of nitrogens with zero attached hydrogens (tertiary/aromatic N) is 2. The van der Waals surface area contributed by atoms with Gasteiger partial charge in [0, 0.05) is 25.5 Å². The van der Waals surface area contributed by atoms with Crippen LogP contribution in [0.15, 0.2) is 11.1 Å². The second kappa shape index (κ2) is 14.3. The molecule has 5 N–H and O–H groups in total. The van der Waals surface area contributed by atoms with Crippen molar-refractivity contribution in [2.24, 2.45) is 16.5 Å². The highest BCUT2D eigenvalue weighted by Gasteiger charge is 2.41. The zero-order valence-corrected chi connectivity index (χ0v) is 22.1. The summed E-state index contributed by atoms with van der Waals surface area (Å²) in [7, 11) is 0. The lowest BCUT2D eigenvalue weighted by atomic mass is 9.96. The molecule has 2 atom stereocenters. The van der Waals surface area contributed by atoms with Gasteiger partial charge in [0.15, 0.2) is 5.96 Å². The minimum Gasteiger partial charge on any atom is -0.462 e. The fourth-order valence-electron chi connectivity index (χ4n) is 5.64. The molecule has 0 aromatic carbocycles. The van der Waals surface area contributed by atoms with Crippen LogP contribution in [0.3, 0.4) is 0 Å². The molecule has 0 spiro atoms. The first kappa shape index (κ1) is 27.3. The number of anilines is 1. The van der Waals surface area contributed by atoms with Crippen LogP contribution in [-0.4, -0.2) is 31.1 Å². The average molecular weight is 487 g/mol. The maximum absolute atomic E-state index is 13.3. The van der Waals surface area contributed by atoms with Crippen LogP contribution in [0.2, 0.25) is 0 Å². The van der Waals surface area contributed by atoms with Gasteiger partial charge in [-0.05, 0) is 50.5 Å². The van der Waals surface area contributed by atoms with Crippen molar-refractivity contribution in [2.45, 2.75) is 122 Å². The molecule has 0 unspecified atom stereocenters. The monoisotopic (exact) mass is 486 g/mol. The van der Waals surface area contributed by atoms with E-state index in [4.69, 9.17) is 16.2 Å². The Morgan fingerprint density at radius 2 is 1.86 bits per heavy atom. The van der Waals surface area contributed by atoms with Gasteiger partial charge in [0.1, 0.15) is 17.3 Å². The molecular weight excluding hydrogens is 438 g/mol. The second-order valence-corrected chi connectivity index (χ2v) is 10.3. The Balaban J connectivity index is 1.70. The summed E-state index contributed by atoms with van der Waals surface area (Å²) < 4.78 is 8.18. The van der Waals surface area contributed by atoms with Gasteiger partial charge < -0.3 is 16.2 Å². The summed E-state index contributed by atoms with van der Waals surface area (Å²) in [6.45, 7) is 5.45. The van der Waals surface area contributed by atoms with E-state index in [9.17, 15) is 4.79 Å². The Bertz CT molecular complexity index is 850. The number of ether oxygens (including phenoxy) is 1. The van der Waals surface area contributed by atoms with Gasteiger partial charge in [-0.25, -0.2) is 9.36 Å². The first-order valence-electron chi connectivity index (χ1n) is 14.1. The van der Waals surface area contributed by atoms with E-state index in [1.165, 1.54) is 62.9 Å². The number of hydrogen-bond acceptors (Lipinski definition) is 4. The third-order valence-corrected chi connectivity index (χ3v) is 7.45. The minimum atomic E-state index is -0.165. The molecule has 3 rings (SSSR count). The number of carbonyl (C=O) groups is 1. The molecule has 1 aromatic rings. The van der Waals surface area contributed by atoms with Gasteiger partial charge in [-0.15, -0.1) is 0 Å². The van der Waals surface area contributed by atoms with Crippen molar-refractivity contribution in [1.82, 2.24) is 0 Å². The SMILES string of the molecule is CCCCCCC[C@H]1C[C@H]2CCc3c(C(=O)OCCCCN=C(N)N)c(CCCCC)cc([n+]32)N1. The van der Waals surface area contributed by atoms with Crippen molar-refractivity contribution < 1.29 is 14.1 Å². The van der Waals surface area contributed by atoms with E-state index >= 15 is 0 Å². The number of aromatic nitrogens is 1. The number of nitrogens with two attached hydrogens (primary N) is 2. The number of nitrogens with one attached hydrogen (secondary N) is 1. The summed E-state index contributed by atoms with van der Waals surface area (Å²) in [6, 6.07) is 3.30. The molecule has 2 aliphatic rings. The van der Waals surface area contributed by atoms with E-state index in [1.807, 2.05) is 0 Å². The van der Waals surface area contributed by atoms with Crippen LogP contribution in [0.5, 0.6) is 0 Å². The van der Waals surface area contributed by atoms with E-state index in [1.54, 1.807) is 0 Å². The van der Waals surface area contributed by atoms with Crippen molar-refractivity contribution >= 4 is 17.7 Å². The lowest BCUT2D eigenvalue weighted by Gasteiger charge is -2.27. The number of aliphatic imine (C=N–C) groups is 1. The van der Waals surface area contributed by atoms with E-state index in [0.717, 1.165) is 56.1 Å². The van der Waals surface area contributed by atoms with E-state index in [-0.39, 0.29) is 11.9 Å². The van der Waals surface area contributed by atoms with Crippen LogP contribution in [0.25, 0.3) is 0 Å². The van der Waals surface area contributed by atoms with Gasteiger partial charge in [-0.3, -0.25) is 10.3 Å². The molecule has 0 aliphatic carbocycles. The number of rotatable bonds is 16. The predicted octanol–water partition coefficient (Wildman–Crippen LogP) is 4.95. The molecule has 35 heavy (non-hydrogen) atoms. The number of hydrogen-bond donors (Lipinski definition) is 3. The summed E-state index contributed by atoms with van der Waals surface area (Å²) in [6.07, 6.45) is 17.0. The zero-order valence-electron chi connectivity index (χ0n) is 22.1. The lowest BCUT2D eigenvalue weighted by molar-refractivity contribution is -0.708. The van der Waals surface area contributed by atoms with Crippen LogP contribution in [0.1, 0.15) is 125 Å². The standard InChI is InChI=1S/C28H47N5O2/c1-3-5-7-8-10-14-22-20-23-15-16-24-26(27(34)35-18-12-11-17-31-28(29)30)21(13-9-6-4-2)19-25(32-22)33(23)24/h19,22-23H,3-18,20H2,1-2H3,(H4,29,30,31)/p+1/t22-,23+/m0/s1. The van der Waals surface area contributed by atoms with E-state index < -0.39 is 0 Å². The molecule has 7 heteroatoms. The van der Waals surface area contributed by atoms with Crippen LogP contribution < -0.4 is 21.4 Å². The minimum absolute atomic E-state index is 0.106. The number of pyridine rings is 1. The Labute approximate surface area is 212 Å². The summed E-state index contributed by atoms with van der Waals surface area (Å²) in [5.41, 5.74) is 13.9. The van der Waals surface area contributed by atoms with Crippen molar-refractivity contribution in [1.29, 1.82) is 0 Å². The number of carbonyl (C=O) groups excluding carboxylic acids is 1. The predicted molar refractivity (Wildman–Crippen MR) is 143 cm³/mol. The molecule has 0 saturated heterocycles. The van der Waals surface area contributed by atoms with Crippen LogP contribution in [-0.2, 0) is 17.6 Å². The van der Waals surface area contributed by atoms with Gasteiger partial charge in [-0.2, -0.15) is 0 Å². The van der Waals surface area contributed by atoms with E-state index in [0.29, 0.717) is 25.2 Å². The number of aryl methyl sites for hydroxylation is 1. The Morgan fingerprint density at radius 3 is 2.63 bits per heavy atom. The number of guanidine groups is 1. The number of unbranched alkanes of at least 4 members (excludes halogenated alkanes) is 7. The third kappa shape index (κ3) is 7.84. The smallest absolute Gasteiger partial charge is 0.342 e. The fraction of sp³-hybridized carbons (Fsp3) is 0.750. The Morgan fingerprint density at radius 1 is 1.09 bits per heavy atom. The lowest BCUT2D eigenvalue weighted by Crippen LogP contribution is -2.50. The molecule has 3 heterocycles. The first-order valence-corrected chi connectivity index (χ1v) is 14.1. The summed E-state index contributed by atoms with van der Waals surface area (Å²) in [5, 5.41) is 3.85. The molecule has 1 aromatic heterocycles. The highest BCUT2D eigenvalue weighted by molar-refractivity contribution is 5.92. The van der Waals surface area contributed by atoms with Crippen LogP contribution >= 0.6 is 0 Å². The van der Waals surface area contributed by atoms with Crippen molar-refractivity contribution in [3.05, 3.63) is 22.9 Å². The largest absolute Gasteiger partial charge is 0.462 e. The highest BCUT2D eigenvalue weighted by atomic mass is 16.5. The summed E-state index contributed by atoms with van der Waals surface area (Å²) >= 11 is 0. The number of esters is 1. The van der Waals surface area contributed by atoms with Gasteiger partial charge >= 0.3 is 5.97 Å². The maximum atomic E-state index is 13.3. The van der Waals surface area contributed by atoms with Crippen molar-refractivity contribution in [3.63, 3.8) is 0 Å². The van der Waals surface area contributed by atoms with Crippen LogP contribution in [0.4, 0.5) is 5.82 Å². The molecule has 7 nitrogen and oxygen atoms in total. The summed E-state index contributed by atoms with van der Waals surface area (Å²) in [4.78, 5) is 17.3. The van der Waals surface area contributed by atoms with Gasteiger partial charge in [-0.1, -0.05) is 52.4 Å². The topological polar surface area (TPSA) is 107 Å². The van der Waals surface area contributed by atoms with Gasteiger partial charge in [0.05, 0.1) is 12.6 Å². The molecule has 196 valence electrons. The first-order chi connectivity index (χ1) is 17.0. The van der Waals surface area contributed by atoms with Crippen LogP contribution in [0, 0.1) is 0 Å². The molecule has 0 saturated carbocycles. The molecule has 0 bridgehead atoms. The summed E-state index contributed by atoms with van der Waals surface area (Å²) in [5.74, 6) is 1.16. The molecule has 0 radical (unpaired) electrons. The van der Waals surface area contributed by atoms with Gasteiger partial charge in [0.25, 0.3) is 5.82 Å². The molecule has 0 amide bonds. The molecule has 0 fully saturated rings. The van der Waals surface area contributed by atoms with Crippen molar-refractivity contribution in [3.8, 4) is 0 Å². The Hall–Kier alpha value is -2.31. The molecular formula is C28H48N5O2+. The fourth-order valence-corrected chi connectivity index (χ4v) is 5.64.